The number of para-hydroxylation sites is 2. The highest BCUT2D eigenvalue weighted by atomic mass is 32.2. The summed E-state index contributed by atoms with van der Waals surface area (Å²) < 4.78 is 7.52. The molecule has 0 N–H and O–H groups in total. The SMILES string of the molecule is Cn1ccnc1Sc1nc2ccccc2o1. The van der Waals surface area contributed by atoms with Gasteiger partial charge >= 0.3 is 0 Å². The molecule has 3 rings (SSSR count). The van der Waals surface area contributed by atoms with E-state index in [1.54, 1.807) is 6.20 Å². The highest BCUT2D eigenvalue weighted by Crippen LogP contribution is 2.28. The molecule has 0 radical (unpaired) electrons. The van der Waals surface area contributed by atoms with Crippen molar-refractivity contribution in [2.45, 2.75) is 10.4 Å². The van der Waals surface area contributed by atoms with Crippen molar-refractivity contribution in [3.8, 4) is 0 Å². The van der Waals surface area contributed by atoms with Crippen molar-refractivity contribution >= 4 is 22.9 Å². The zero-order chi connectivity index (χ0) is 11.0. The van der Waals surface area contributed by atoms with E-state index in [-0.39, 0.29) is 0 Å². The van der Waals surface area contributed by atoms with Crippen molar-refractivity contribution in [1.82, 2.24) is 14.5 Å². The van der Waals surface area contributed by atoms with E-state index in [9.17, 15) is 0 Å². The molecule has 0 saturated carbocycles. The Balaban J connectivity index is 1.98. The van der Waals surface area contributed by atoms with E-state index in [4.69, 9.17) is 4.42 Å². The first-order chi connectivity index (χ1) is 7.83. The van der Waals surface area contributed by atoms with Gasteiger partial charge in [-0.15, -0.1) is 0 Å². The van der Waals surface area contributed by atoms with Gasteiger partial charge < -0.3 is 8.98 Å². The van der Waals surface area contributed by atoms with E-state index in [1.165, 1.54) is 11.8 Å². The lowest BCUT2D eigenvalue weighted by Crippen LogP contribution is -1.87. The lowest BCUT2D eigenvalue weighted by atomic mass is 10.3. The molecule has 2 heterocycles. The number of oxazole rings is 1. The van der Waals surface area contributed by atoms with Crippen LogP contribution in [-0.2, 0) is 7.05 Å². The number of hydrogen-bond donors (Lipinski definition) is 0. The number of nitrogens with zero attached hydrogens (tertiary/aromatic N) is 3. The van der Waals surface area contributed by atoms with Gasteiger partial charge in [0.25, 0.3) is 5.22 Å². The minimum absolute atomic E-state index is 0.621. The lowest BCUT2D eigenvalue weighted by Gasteiger charge is -1.95. The predicted molar refractivity (Wildman–Crippen MR) is 61.3 cm³/mol. The summed E-state index contributed by atoms with van der Waals surface area (Å²) in [6.07, 6.45) is 3.65. The third-order valence-corrected chi connectivity index (χ3v) is 3.16. The molecule has 0 aliphatic rings. The Labute approximate surface area is 96.3 Å². The molecule has 80 valence electrons. The van der Waals surface area contributed by atoms with Crippen molar-refractivity contribution in [2.24, 2.45) is 7.05 Å². The van der Waals surface area contributed by atoms with Crippen LogP contribution in [0.1, 0.15) is 0 Å². The maximum Gasteiger partial charge on any atom is 0.264 e. The Hall–Kier alpha value is -1.75. The lowest BCUT2D eigenvalue weighted by molar-refractivity contribution is 0.488. The summed E-state index contributed by atoms with van der Waals surface area (Å²) in [4.78, 5) is 8.58. The van der Waals surface area contributed by atoms with Crippen LogP contribution in [0.2, 0.25) is 0 Å². The number of aromatic nitrogens is 3. The van der Waals surface area contributed by atoms with Crippen LogP contribution < -0.4 is 0 Å². The standard InChI is InChI=1S/C11H9N3OS/c1-14-7-6-12-10(14)16-11-13-8-4-2-3-5-9(8)15-11/h2-7H,1H3. The van der Waals surface area contributed by atoms with Gasteiger partial charge in [0.1, 0.15) is 5.52 Å². The Morgan fingerprint density at radius 1 is 1.31 bits per heavy atom. The van der Waals surface area contributed by atoms with E-state index in [2.05, 4.69) is 9.97 Å². The number of hydrogen-bond acceptors (Lipinski definition) is 4. The van der Waals surface area contributed by atoms with Gasteiger partial charge in [-0.05, 0) is 12.1 Å². The van der Waals surface area contributed by atoms with Crippen LogP contribution in [-0.4, -0.2) is 14.5 Å². The highest BCUT2D eigenvalue weighted by Gasteiger charge is 2.09. The number of aryl methyl sites for hydroxylation is 1. The fourth-order valence-corrected chi connectivity index (χ4v) is 2.17. The van der Waals surface area contributed by atoms with Gasteiger partial charge in [0.05, 0.1) is 0 Å². The van der Waals surface area contributed by atoms with E-state index in [1.807, 2.05) is 42.1 Å². The molecule has 3 aromatic rings. The molecule has 1 aromatic carbocycles. The molecule has 0 aliphatic heterocycles. The number of fused-ring (bicyclic) bond motifs is 1. The number of imidazole rings is 1. The van der Waals surface area contributed by atoms with Crippen molar-refractivity contribution in [3.63, 3.8) is 0 Å². The molecule has 0 bridgehead atoms. The highest BCUT2D eigenvalue weighted by molar-refractivity contribution is 7.99. The van der Waals surface area contributed by atoms with Gasteiger partial charge in [-0.25, -0.2) is 9.97 Å². The Kier molecular flexibility index (Phi) is 2.18. The third-order valence-electron chi connectivity index (χ3n) is 2.23. The molecule has 0 unspecified atom stereocenters. The van der Waals surface area contributed by atoms with Crippen molar-refractivity contribution < 1.29 is 4.42 Å². The molecule has 0 spiro atoms. The second kappa shape index (κ2) is 3.68. The fourth-order valence-electron chi connectivity index (χ4n) is 1.42. The summed E-state index contributed by atoms with van der Waals surface area (Å²) in [6.45, 7) is 0. The topological polar surface area (TPSA) is 43.9 Å². The molecule has 16 heavy (non-hydrogen) atoms. The van der Waals surface area contributed by atoms with Gasteiger partial charge in [-0.1, -0.05) is 12.1 Å². The first-order valence-electron chi connectivity index (χ1n) is 4.84. The van der Waals surface area contributed by atoms with E-state index in [0.717, 1.165) is 16.3 Å². The minimum Gasteiger partial charge on any atom is -0.431 e. The van der Waals surface area contributed by atoms with Crippen LogP contribution in [0.15, 0.2) is 51.5 Å². The average molecular weight is 231 g/mol. The largest absolute Gasteiger partial charge is 0.431 e. The van der Waals surface area contributed by atoms with Crippen LogP contribution in [0.3, 0.4) is 0 Å². The molecule has 0 atom stereocenters. The number of benzene rings is 1. The summed E-state index contributed by atoms with van der Waals surface area (Å²) in [6, 6.07) is 7.72. The summed E-state index contributed by atoms with van der Waals surface area (Å²) in [7, 11) is 1.94. The smallest absolute Gasteiger partial charge is 0.264 e. The van der Waals surface area contributed by atoms with Crippen LogP contribution >= 0.6 is 11.8 Å². The monoisotopic (exact) mass is 231 g/mol. The average Bonchev–Trinajstić information content (AvgIpc) is 2.85. The van der Waals surface area contributed by atoms with E-state index >= 15 is 0 Å². The molecular formula is C11H9N3OS. The summed E-state index contributed by atoms with van der Waals surface area (Å²) in [5, 5.41) is 1.49. The molecule has 0 amide bonds. The summed E-state index contributed by atoms with van der Waals surface area (Å²) in [5.41, 5.74) is 1.68. The normalized spacial score (nSPS) is 11.1. The zero-order valence-electron chi connectivity index (χ0n) is 8.62. The third kappa shape index (κ3) is 1.59. The van der Waals surface area contributed by atoms with Crippen LogP contribution in [0.25, 0.3) is 11.1 Å². The summed E-state index contributed by atoms with van der Waals surface area (Å²) in [5.74, 6) is 0. The van der Waals surface area contributed by atoms with Gasteiger partial charge in [0.15, 0.2) is 10.7 Å². The Bertz CT molecular complexity index is 596. The van der Waals surface area contributed by atoms with Gasteiger partial charge in [-0.3, -0.25) is 0 Å². The molecule has 2 aromatic heterocycles. The first kappa shape index (κ1) is 9.47. The molecule has 0 aliphatic carbocycles. The first-order valence-corrected chi connectivity index (χ1v) is 5.65. The molecule has 4 nitrogen and oxygen atoms in total. The number of rotatable bonds is 2. The van der Waals surface area contributed by atoms with Gasteiger partial charge in [0, 0.05) is 31.2 Å². The maximum absolute atomic E-state index is 5.59. The zero-order valence-corrected chi connectivity index (χ0v) is 9.44. The van der Waals surface area contributed by atoms with Crippen LogP contribution in [0.5, 0.6) is 0 Å². The predicted octanol–water partition coefficient (Wildman–Crippen LogP) is 2.71. The second-order valence-electron chi connectivity index (χ2n) is 3.37. The van der Waals surface area contributed by atoms with E-state index in [0.29, 0.717) is 5.22 Å². The van der Waals surface area contributed by atoms with Crippen molar-refractivity contribution in [1.29, 1.82) is 0 Å². The Morgan fingerprint density at radius 2 is 2.19 bits per heavy atom. The van der Waals surface area contributed by atoms with Crippen molar-refractivity contribution in [2.75, 3.05) is 0 Å². The van der Waals surface area contributed by atoms with Crippen molar-refractivity contribution in [3.05, 3.63) is 36.7 Å². The summed E-state index contributed by atoms with van der Waals surface area (Å²) >= 11 is 1.42. The quantitative estimate of drug-likeness (QED) is 0.680. The second-order valence-corrected chi connectivity index (χ2v) is 4.29. The van der Waals surface area contributed by atoms with Crippen LogP contribution in [0.4, 0.5) is 0 Å². The molecular weight excluding hydrogens is 222 g/mol. The minimum atomic E-state index is 0.621. The van der Waals surface area contributed by atoms with Crippen LogP contribution in [0, 0.1) is 0 Å². The maximum atomic E-state index is 5.59. The van der Waals surface area contributed by atoms with E-state index < -0.39 is 0 Å². The molecule has 0 fully saturated rings. The molecule has 5 heteroatoms. The molecule has 0 saturated heterocycles. The van der Waals surface area contributed by atoms with Gasteiger partial charge in [0.2, 0.25) is 0 Å². The van der Waals surface area contributed by atoms with Gasteiger partial charge in [-0.2, -0.15) is 0 Å². The Morgan fingerprint density at radius 3 is 2.94 bits per heavy atom. The fraction of sp³-hybridized carbons (Fsp3) is 0.0909.